The average molecular weight is 756 g/mol. The standard InChI is InChI=1S/C48H57NO5Si/c1-38(35-50)23-22-34-44(54-48(39-24-12-7-13-25-39,40-26-14-8-15-27-40)41-28-16-9-17-29-41)45(52-37-46(51)49(5)6)36-53-55(47(2,3)4,42-30-18-10-19-31-42)43-32-20-11-21-33-43/h7-21,23-33,44-45,50H,22,34-37H2,1-6H3/b38-23+/t44-,45-/m1/s1. The predicted molar refractivity (Wildman–Crippen MR) is 226 cm³/mol. The van der Waals surface area contributed by atoms with E-state index >= 15 is 0 Å². The maximum Gasteiger partial charge on any atom is 0.261 e. The third-order valence-electron chi connectivity index (χ3n) is 10.3. The van der Waals surface area contributed by atoms with Gasteiger partial charge in [0, 0.05) is 14.1 Å². The number of aliphatic hydroxyl groups is 1. The third-order valence-corrected chi connectivity index (χ3v) is 15.3. The van der Waals surface area contributed by atoms with E-state index in [0.717, 1.165) is 32.6 Å². The van der Waals surface area contributed by atoms with Crippen LogP contribution in [0.25, 0.3) is 0 Å². The van der Waals surface area contributed by atoms with Crippen molar-refractivity contribution < 1.29 is 23.8 Å². The van der Waals surface area contributed by atoms with E-state index in [-0.39, 0.29) is 30.8 Å². The van der Waals surface area contributed by atoms with Gasteiger partial charge in [0.2, 0.25) is 5.91 Å². The van der Waals surface area contributed by atoms with Crippen LogP contribution in [0.1, 0.15) is 57.2 Å². The zero-order valence-electron chi connectivity index (χ0n) is 33.2. The number of amides is 1. The Bertz CT molecular complexity index is 1780. The summed E-state index contributed by atoms with van der Waals surface area (Å²) in [5, 5.41) is 12.0. The summed E-state index contributed by atoms with van der Waals surface area (Å²) in [4.78, 5) is 14.8. The molecule has 0 saturated heterocycles. The van der Waals surface area contributed by atoms with Gasteiger partial charge in [0.15, 0.2) is 0 Å². The van der Waals surface area contributed by atoms with Gasteiger partial charge >= 0.3 is 0 Å². The molecule has 288 valence electrons. The van der Waals surface area contributed by atoms with E-state index in [1.54, 1.807) is 19.0 Å². The zero-order valence-corrected chi connectivity index (χ0v) is 34.2. The molecule has 6 nitrogen and oxygen atoms in total. The smallest absolute Gasteiger partial charge is 0.261 e. The van der Waals surface area contributed by atoms with E-state index in [0.29, 0.717) is 12.8 Å². The largest absolute Gasteiger partial charge is 0.405 e. The minimum Gasteiger partial charge on any atom is -0.405 e. The molecule has 1 amide bonds. The highest BCUT2D eigenvalue weighted by atomic mass is 28.4. The van der Waals surface area contributed by atoms with E-state index < -0.39 is 26.1 Å². The van der Waals surface area contributed by atoms with Gasteiger partial charge in [-0.15, -0.1) is 0 Å². The van der Waals surface area contributed by atoms with Gasteiger partial charge in [-0.3, -0.25) is 4.79 Å². The molecule has 0 aliphatic carbocycles. The Hall–Kier alpha value is -4.63. The van der Waals surface area contributed by atoms with Crippen molar-refractivity contribution in [2.24, 2.45) is 0 Å². The Balaban J connectivity index is 1.71. The minimum atomic E-state index is -3.02. The molecule has 0 saturated carbocycles. The number of aliphatic hydroxyl groups excluding tert-OH is 1. The van der Waals surface area contributed by atoms with Crippen LogP contribution in [0.5, 0.6) is 0 Å². The van der Waals surface area contributed by atoms with Crippen molar-refractivity contribution in [2.45, 2.75) is 63.4 Å². The van der Waals surface area contributed by atoms with Crippen LogP contribution >= 0.6 is 0 Å². The second kappa shape index (κ2) is 19.3. The molecular weight excluding hydrogens is 699 g/mol. The minimum absolute atomic E-state index is 0.0261. The van der Waals surface area contributed by atoms with Crippen LogP contribution in [0.15, 0.2) is 163 Å². The number of benzene rings is 5. The maximum atomic E-state index is 13.3. The molecule has 0 aliphatic rings. The number of carbonyl (C=O) groups is 1. The predicted octanol–water partition coefficient (Wildman–Crippen LogP) is 8.13. The number of likely N-dealkylation sites (N-methyl/N-ethyl adjacent to an activating group) is 1. The van der Waals surface area contributed by atoms with Crippen molar-refractivity contribution in [3.8, 4) is 0 Å². The number of nitrogens with zero attached hydrogens (tertiary/aromatic N) is 1. The van der Waals surface area contributed by atoms with Crippen LogP contribution in [0.3, 0.4) is 0 Å². The van der Waals surface area contributed by atoms with Crippen LogP contribution in [0.4, 0.5) is 0 Å². The topological polar surface area (TPSA) is 68.2 Å². The van der Waals surface area contributed by atoms with Gasteiger partial charge in [-0.2, -0.15) is 0 Å². The Labute approximate surface area is 329 Å². The fourth-order valence-electron chi connectivity index (χ4n) is 7.37. The fourth-order valence-corrected chi connectivity index (χ4v) is 11.9. The SMILES string of the molecule is C/C(=C\CC[C@@H](OC(c1ccccc1)(c1ccccc1)c1ccccc1)[C@@H](CO[Si](c1ccccc1)(c1ccccc1)C(C)(C)C)OCC(=O)N(C)C)CO. The van der Waals surface area contributed by atoms with Crippen LogP contribution < -0.4 is 10.4 Å². The van der Waals surface area contributed by atoms with Crippen LogP contribution in [0.2, 0.25) is 5.04 Å². The van der Waals surface area contributed by atoms with Crippen molar-refractivity contribution in [3.05, 3.63) is 180 Å². The molecule has 0 bridgehead atoms. The summed E-state index contributed by atoms with van der Waals surface area (Å²) in [5.41, 5.74) is 2.74. The van der Waals surface area contributed by atoms with Crippen molar-refractivity contribution in [1.29, 1.82) is 0 Å². The van der Waals surface area contributed by atoms with Crippen LogP contribution in [-0.2, 0) is 24.3 Å². The molecule has 7 heteroatoms. The van der Waals surface area contributed by atoms with Crippen molar-refractivity contribution in [2.75, 3.05) is 33.9 Å². The molecule has 0 heterocycles. The van der Waals surface area contributed by atoms with Crippen molar-refractivity contribution in [3.63, 3.8) is 0 Å². The fraction of sp³-hybridized carbons (Fsp3) is 0.312. The zero-order chi connectivity index (χ0) is 39.3. The summed E-state index contributed by atoms with van der Waals surface area (Å²) in [6.07, 6.45) is 1.97. The first-order chi connectivity index (χ1) is 26.5. The number of allylic oxidation sites excluding steroid dienone is 1. The molecule has 5 aromatic carbocycles. The van der Waals surface area contributed by atoms with Crippen molar-refractivity contribution in [1.82, 2.24) is 4.90 Å². The highest BCUT2D eigenvalue weighted by molar-refractivity contribution is 6.99. The second-order valence-corrected chi connectivity index (χ2v) is 19.6. The van der Waals surface area contributed by atoms with Gasteiger partial charge in [0.25, 0.3) is 8.32 Å². The lowest BCUT2D eigenvalue weighted by molar-refractivity contribution is -0.152. The molecule has 0 radical (unpaired) electrons. The Morgan fingerprint density at radius 2 is 1.11 bits per heavy atom. The molecular formula is C48H57NO5Si. The lowest BCUT2D eigenvalue weighted by atomic mass is 9.79. The summed E-state index contributed by atoms with van der Waals surface area (Å²) in [6.45, 7) is 8.71. The monoisotopic (exact) mass is 755 g/mol. The highest BCUT2D eigenvalue weighted by Crippen LogP contribution is 2.43. The molecule has 5 aromatic rings. The first-order valence-corrected chi connectivity index (χ1v) is 21.1. The lowest BCUT2D eigenvalue weighted by Crippen LogP contribution is -2.67. The van der Waals surface area contributed by atoms with Gasteiger partial charge < -0.3 is 23.9 Å². The molecule has 5 rings (SSSR count). The summed E-state index contributed by atoms with van der Waals surface area (Å²) in [5.74, 6) is -0.148. The quantitative estimate of drug-likeness (QED) is 0.0556. The highest BCUT2D eigenvalue weighted by Gasteiger charge is 2.51. The van der Waals surface area contributed by atoms with Gasteiger partial charge in [-0.1, -0.05) is 184 Å². The van der Waals surface area contributed by atoms with Gasteiger partial charge in [0.05, 0.1) is 19.3 Å². The molecule has 0 aliphatic heterocycles. The molecule has 1 N–H and O–H groups in total. The van der Waals surface area contributed by atoms with E-state index in [9.17, 15) is 9.90 Å². The van der Waals surface area contributed by atoms with Crippen molar-refractivity contribution >= 4 is 24.6 Å². The number of rotatable bonds is 18. The Kier molecular flexibility index (Phi) is 14.6. The molecule has 55 heavy (non-hydrogen) atoms. The third kappa shape index (κ3) is 9.79. The number of carbonyl (C=O) groups excluding carboxylic acids is 1. The average Bonchev–Trinajstić information content (AvgIpc) is 3.21. The van der Waals surface area contributed by atoms with E-state index in [1.165, 1.54) is 0 Å². The molecule has 0 fully saturated rings. The number of ether oxygens (including phenoxy) is 2. The lowest BCUT2D eigenvalue weighted by Gasteiger charge is -2.45. The molecule has 0 unspecified atom stereocenters. The second-order valence-electron chi connectivity index (χ2n) is 15.3. The van der Waals surface area contributed by atoms with E-state index in [1.807, 2.05) is 73.7 Å². The Morgan fingerprint density at radius 3 is 1.49 bits per heavy atom. The normalized spacial score (nSPS) is 13.6. The molecule has 0 spiro atoms. The van der Waals surface area contributed by atoms with Gasteiger partial charge in [0.1, 0.15) is 18.3 Å². The number of hydrogen-bond donors (Lipinski definition) is 1. The van der Waals surface area contributed by atoms with Crippen LogP contribution in [0, 0.1) is 0 Å². The maximum absolute atomic E-state index is 13.3. The summed E-state index contributed by atoms with van der Waals surface area (Å²) < 4.78 is 22.0. The van der Waals surface area contributed by atoms with Gasteiger partial charge in [-0.05, 0) is 51.9 Å². The van der Waals surface area contributed by atoms with E-state index in [4.69, 9.17) is 13.9 Å². The van der Waals surface area contributed by atoms with Gasteiger partial charge in [-0.25, -0.2) is 0 Å². The summed E-state index contributed by atoms with van der Waals surface area (Å²) in [6, 6.07) is 52.0. The first-order valence-electron chi connectivity index (χ1n) is 19.2. The van der Waals surface area contributed by atoms with E-state index in [2.05, 4.69) is 112 Å². The summed E-state index contributed by atoms with van der Waals surface area (Å²) >= 11 is 0. The molecule has 2 atom stereocenters. The summed E-state index contributed by atoms with van der Waals surface area (Å²) in [7, 11) is 0.457. The Morgan fingerprint density at radius 1 is 0.691 bits per heavy atom. The first kappa shape index (κ1) is 41.5. The molecule has 0 aromatic heterocycles. The van der Waals surface area contributed by atoms with Crippen LogP contribution in [-0.4, -0.2) is 70.4 Å². The number of hydrogen-bond acceptors (Lipinski definition) is 5.